The van der Waals surface area contributed by atoms with Crippen molar-refractivity contribution in [3.63, 3.8) is 0 Å². The molecule has 8 nitrogen and oxygen atoms in total. The summed E-state index contributed by atoms with van der Waals surface area (Å²) in [5.74, 6) is 1.75. The van der Waals surface area contributed by atoms with Gasteiger partial charge in [0.15, 0.2) is 0 Å². The van der Waals surface area contributed by atoms with Gasteiger partial charge in [0.25, 0.3) is 0 Å². The van der Waals surface area contributed by atoms with Gasteiger partial charge in [-0.15, -0.1) is 0 Å². The molecule has 35 heavy (non-hydrogen) atoms. The Morgan fingerprint density at radius 2 is 2.06 bits per heavy atom. The van der Waals surface area contributed by atoms with Crippen LogP contribution in [-0.2, 0) is 17.8 Å². The van der Waals surface area contributed by atoms with Crippen molar-refractivity contribution in [2.45, 2.75) is 32.4 Å². The van der Waals surface area contributed by atoms with Crippen LogP contribution >= 0.6 is 12.2 Å². The van der Waals surface area contributed by atoms with Crippen molar-refractivity contribution in [2.75, 3.05) is 39.7 Å². The average Bonchev–Trinajstić information content (AvgIpc) is 3.50. The number of nitrogens with zero attached hydrogens (tertiary/aromatic N) is 4. The first-order valence-corrected chi connectivity index (χ1v) is 12.2. The first-order chi connectivity index (χ1) is 17.0. The van der Waals surface area contributed by atoms with Gasteiger partial charge in [0.05, 0.1) is 36.4 Å². The van der Waals surface area contributed by atoms with E-state index in [0.717, 1.165) is 71.3 Å². The summed E-state index contributed by atoms with van der Waals surface area (Å²) >= 11 is 5.70. The molecule has 0 radical (unpaired) electrons. The maximum absolute atomic E-state index is 5.70. The highest BCUT2D eigenvalue weighted by atomic mass is 32.1. The normalized spacial score (nSPS) is 16.9. The third-order valence-electron chi connectivity index (χ3n) is 6.54. The molecule has 0 unspecified atom stereocenters. The second-order valence-corrected chi connectivity index (χ2v) is 9.60. The summed E-state index contributed by atoms with van der Waals surface area (Å²) in [7, 11) is 5.76. The fourth-order valence-electron chi connectivity index (χ4n) is 4.90. The van der Waals surface area contributed by atoms with Crippen LogP contribution in [0.2, 0.25) is 0 Å². The van der Waals surface area contributed by atoms with Crippen LogP contribution in [0.1, 0.15) is 40.4 Å². The quantitative estimate of drug-likeness (QED) is 0.478. The molecule has 1 saturated heterocycles. The molecule has 4 heterocycles. The zero-order valence-electron chi connectivity index (χ0n) is 20.5. The maximum Gasteiger partial charge on any atom is 0.224 e. The minimum absolute atomic E-state index is 0.401. The number of hydrogen-bond donors (Lipinski definition) is 2. The lowest BCUT2D eigenvalue weighted by molar-refractivity contribution is 0.193. The van der Waals surface area contributed by atoms with Gasteiger partial charge in [-0.1, -0.05) is 24.4 Å². The number of nitrogens with one attached hydrogen (secondary N) is 2. The number of hydrogen-bond acceptors (Lipinski definition) is 8. The fraction of sp³-hybridized carbons (Fsp3) is 0.385. The Hall–Kier alpha value is -3.14. The van der Waals surface area contributed by atoms with E-state index in [1.165, 1.54) is 11.9 Å². The maximum atomic E-state index is 5.70. The van der Waals surface area contributed by atoms with Crippen molar-refractivity contribution >= 4 is 28.7 Å². The predicted octanol–water partition coefficient (Wildman–Crippen LogP) is 3.94. The van der Waals surface area contributed by atoms with Crippen LogP contribution in [0.5, 0.6) is 5.88 Å². The van der Waals surface area contributed by atoms with Crippen LogP contribution in [0, 0.1) is 6.92 Å². The second-order valence-electron chi connectivity index (χ2n) is 9.20. The molecule has 0 saturated carbocycles. The van der Waals surface area contributed by atoms with Crippen molar-refractivity contribution in [3.05, 3.63) is 58.7 Å². The average molecular weight is 491 g/mol. The van der Waals surface area contributed by atoms with E-state index in [1.54, 1.807) is 7.11 Å². The van der Waals surface area contributed by atoms with E-state index >= 15 is 0 Å². The number of aromatic nitrogens is 3. The summed E-state index contributed by atoms with van der Waals surface area (Å²) < 4.78 is 11.2. The van der Waals surface area contributed by atoms with Gasteiger partial charge in [-0.2, -0.15) is 0 Å². The molecule has 3 aromatic rings. The molecule has 0 bridgehead atoms. The van der Waals surface area contributed by atoms with E-state index in [9.17, 15) is 0 Å². The topological polar surface area (TPSA) is 84.4 Å². The van der Waals surface area contributed by atoms with Crippen molar-refractivity contribution in [2.24, 2.45) is 0 Å². The first-order valence-electron chi connectivity index (χ1n) is 11.8. The second kappa shape index (κ2) is 9.85. The molecule has 9 heteroatoms. The molecule has 1 atom stereocenters. The molecule has 5 rings (SSSR count). The Bertz CT molecular complexity index is 1270. The van der Waals surface area contributed by atoms with Crippen LogP contribution in [0.4, 0.5) is 11.5 Å². The van der Waals surface area contributed by atoms with Crippen LogP contribution in [0.15, 0.2) is 30.6 Å². The molecular formula is C26H30N6O2S. The van der Waals surface area contributed by atoms with Crippen LogP contribution in [0.3, 0.4) is 0 Å². The van der Waals surface area contributed by atoms with E-state index in [2.05, 4.69) is 57.8 Å². The third kappa shape index (κ3) is 4.59. The number of fused-ring (bicyclic) bond motifs is 1. The molecule has 1 fully saturated rings. The molecule has 2 aliphatic rings. The zero-order valence-corrected chi connectivity index (χ0v) is 21.3. The number of thiocarbonyl (C=S) groups is 1. The van der Waals surface area contributed by atoms with Crippen molar-refractivity contribution in [1.29, 1.82) is 0 Å². The van der Waals surface area contributed by atoms with Gasteiger partial charge in [-0.3, -0.25) is 0 Å². The Kier molecular flexibility index (Phi) is 6.64. The lowest BCUT2D eigenvalue weighted by Gasteiger charge is -2.19. The highest BCUT2D eigenvalue weighted by molar-refractivity contribution is 7.80. The van der Waals surface area contributed by atoms with E-state index < -0.39 is 0 Å². The molecule has 2 aliphatic heterocycles. The lowest BCUT2D eigenvalue weighted by atomic mass is 9.95. The number of pyridine rings is 1. The standard InChI is InChI=1S/C26H30N6O2S/c1-15-23(25(33-4)29-14-28-15)18-5-7-20(24-19(18)11-27-26(24)35)30-22-8-6-17(16-9-10-34-13-16)21(31-22)12-32(2)3/h5-8,14,16H,9-13H2,1-4H3,(H,27,35)(H,30,31)/t16-/m1/s1. The third-order valence-corrected chi connectivity index (χ3v) is 6.89. The highest BCUT2D eigenvalue weighted by Gasteiger charge is 2.27. The summed E-state index contributed by atoms with van der Waals surface area (Å²) in [4.78, 5) is 16.6. The lowest BCUT2D eigenvalue weighted by Crippen LogP contribution is -2.16. The summed E-state index contributed by atoms with van der Waals surface area (Å²) in [5.41, 5.74) is 8.12. The number of benzene rings is 1. The van der Waals surface area contributed by atoms with Crippen LogP contribution < -0.4 is 15.4 Å². The van der Waals surface area contributed by atoms with Gasteiger partial charge in [0, 0.05) is 31.2 Å². The molecule has 0 aliphatic carbocycles. The predicted molar refractivity (Wildman–Crippen MR) is 140 cm³/mol. The molecule has 1 aromatic carbocycles. The van der Waals surface area contributed by atoms with E-state index in [1.807, 2.05) is 13.0 Å². The zero-order chi connectivity index (χ0) is 24.5. The Morgan fingerprint density at radius 3 is 2.80 bits per heavy atom. The summed E-state index contributed by atoms with van der Waals surface area (Å²) in [5, 5.41) is 6.87. The Labute approximate surface area is 211 Å². The number of rotatable bonds is 7. The van der Waals surface area contributed by atoms with Crippen molar-refractivity contribution < 1.29 is 9.47 Å². The molecule has 0 amide bonds. The van der Waals surface area contributed by atoms with E-state index in [-0.39, 0.29) is 0 Å². The number of ether oxygens (including phenoxy) is 2. The van der Waals surface area contributed by atoms with Gasteiger partial charge >= 0.3 is 0 Å². The Balaban J connectivity index is 1.54. The van der Waals surface area contributed by atoms with Crippen molar-refractivity contribution in [3.8, 4) is 17.0 Å². The first kappa shape index (κ1) is 23.6. The monoisotopic (exact) mass is 490 g/mol. The van der Waals surface area contributed by atoms with Gasteiger partial charge in [-0.25, -0.2) is 15.0 Å². The summed E-state index contributed by atoms with van der Waals surface area (Å²) in [6.45, 7) is 4.94. The molecule has 2 aromatic heterocycles. The van der Waals surface area contributed by atoms with Crippen molar-refractivity contribution in [1.82, 2.24) is 25.2 Å². The largest absolute Gasteiger partial charge is 0.480 e. The summed E-state index contributed by atoms with van der Waals surface area (Å²) in [6, 6.07) is 8.37. The minimum atomic E-state index is 0.401. The molecular weight excluding hydrogens is 460 g/mol. The van der Waals surface area contributed by atoms with Gasteiger partial charge in [-0.05, 0) is 56.3 Å². The number of methoxy groups -OCH3 is 1. The summed E-state index contributed by atoms with van der Waals surface area (Å²) in [6.07, 6.45) is 2.56. The van der Waals surface area contributed by atoms with E-state index in [4.69, 9.17) is 26.7 Å². The number of aryl methyl sites for hydroxylation is 1. The molecule has 0 spiro atoms. The van der Waals surface area contributed by atoms with Crippen LogP contribution in [-0.4, -0.2) is 59.3 Å². The van der Waals surface area contributed by atoms with Gasteiger partial charge in [0.2, 0.25) is 5.88 Å². The van der Waals surface area contributed by atoms with Gasteiger partial charge < -0.3 is 25.0 Å². The van der Waals surface area contributed by atoms with E-state index in [0.29, 0.717) is 23.3 Å². The SMILES string of the molecule is COc1ncnc(C)c1-c1ccc(Nc2ccc([C@@H]3CCOC3)c(CN(C)C)n2)c2c1CNC2=S. The van der Waals surface area contributed by atoms with Gasteiger partial charge in [0.1, 0.15) is 17.1 Å². The highest BCUT2D eigenvalue weighted by Crippen LogP contribution is 2.39. The number of anilines is 2. The molecule has 2 N–H and O–H groups in total. The Morgan fingerprint density at radius 1 is 1.20 bits per heavy atom. The minimum Gasteiger partial charge on any atom is -0.480 e. The fourth-order valence-corrected chi connectivity index (χ4v) is 5.21. The smallest absolute Gasteiger partial charge is 0.224 e. The van der Waals surface area contributed by atoms with Crippen LogP contribution in [0.25, 0.3) is 11.1 Å². The molecule has 182 valence electrons.